The van der Waals surface area contributed by atoms with Gasteiger partial charge in [-0.3, -0.25) is 4.79 Å². The first-order valence-electron chi connectivity index (χ1n) is 4.88. The van der Waals surface area contributed by atoms with Crippen LogP contribution in [0.15, 0.2) is 34.7 Å². The molecule has 1 heterocycles. The Morgan fingerprint density at radius 1 is 1.31 bits per heavy atom. The molecule has 0 aliphatic rings. The Morgan fingerprint density at radius 3 is 2.56 bits per heavy atom. The van der Waals surface area contributed by atoms with Gasteiger partial charge >= 0.3 is 6.08 Å². The molecule has 0 aliphatic carbocycles. The van der Waals surface area contributed by atoms with Crippen LogP contribution in [-0.4, -0.2) is 10.8 Å². The normalized spacial score (nSPS) is 10.1. The summed E-state index contributed by atoms with van der Waals surface area (Å²) in [6, 6.07) is 9.14. The molecule has 2 aromatic rings. The second kappa shape index (κ2) is 4.18. The number of para-hydroxylation sites is 1. The Labute approximate surface area is 92.9 Å². The van der Waals surface area contributed by atoms with Crippen LogP contribution in [0.5, 0.6) is 11.8 Å². The van der Waals surface area contributed by atoms with Gasteiger partial charge < -0.3 is 9.15 Å². The van der Waals surface area contributed by atoms with Gasteiger partial charge in [-0.15, -0.1) is 0 Å². The number of aryl methyl sites for hydroxylation is 1. The number of ether oxygens (including phenoxy) is 1. The lowest BCUT2D eigenvalue weighted by molar-refractivity contribution is 0.101. The van der Waals surface area contributed by atoms with Crippen molar-refractivity contribution in [2.75, 3.05) is 0 Å². The minimum Gasteiger partial charge on any atom is -0.413 e. The maximum Gasteiger partial charge on any atom is 0.400 e. The molecule has 0 unspecified atom stereocenters. The second-order valence-electron chi connectivity index (χ2n) is 3.36. The summed E-state index contributed by atoms with van der Waals surface area (Å²) in [5, 5.41) is 0. The number of rotatable bonds is 3. The molecule has 0 radical (unpaired) electrons. The van der Waals surface area contributed by atoms with Gasteiger partial charge in [0.15, 0.2) is 11.5 Å². The van der Waals surface area contributed by atoms with E-state index >= 15 is 0 Å². The minimum atomic E-state index is -0.135. The lowest BCUT2D eigenvalue weighted by Gasteiger charge is -1.98. The lowest BCUT2D eigenvalue weighted by Crippen LogP contribution is -1.94. The first-order chi connectivity index (χ1) is 7.66. The SMILES string of the molecule is CC(=O)c1nc(Oc2ccccc2)oc1C. The molecule has 0 fully saturated rings. The first-order valence-corrected chi connectivity index (χ1v) is 4.88. The molecule has 0 amide bonds. The lowest BCUT2D eigenvalue weighted by atomic mass is 10.3. The summed E-state index contributed by atoms with van der Waals surface area (Å²) in [5.74, 6) is 0.960. The van der Waals surface area contributed by atoms with E-state index in [-0.39, 0.29) is 11.9 Å². The molecule has 16 heavy (non-hydrogen) atoms. The summed E-state index contributed by atoms with van der Waals surface area (Å²) in [7, 11) is 0. The van der Waals surface area contributed by atoms with Gasteiger partial charge in [0, 0.05) is 6.92 Å². The summed E-state index contributed by atoms with van der Waals surface area (Å²) in [6.45, 7) is 3.12. The number of carbonyl (C=O) groups excluding carboxylic acids is 1. The summed E-state index contributed by atoms with van der Waals surface area (Å²) in [4.78, 5) is 15.1. The molecule has 4 nitrogen and oxygen atoms in total. The van der Waals surface area contributed by atoms with Crippen LogP contribution in [-0.2, 0) is 0 Å². The number of oxazole rings is 1. The van der Waals surface area contributed by atoms with Crippen molar-refractivity contribution in [3.63, 3.8) is 0 Å². The van der Waals surface area contributed by atoms with Crippen LogP contribution in [0.1, 0.15) is 23.2 Å². The van der Waals surface area contributed by atoms with Crippen molar-refractivity contribution in [2.24, 2.45) is 0 Å². The standard InChI is InChI=1S/C12H11NO3/c1-8(14)11-9(2)15-12(13-11)16-10-6-4-3-5-7-10/h3-7H,1-2H3. The Balaban J connectivity index is 2.23. The van der Waals surface area contributed by atoms with Crippen molar-refractivity contribution < 1.29 is 13.9 Å². The van der Waals surface area contributed by atoms with Crippen LogP contribution in [0.2, 0.25) is 0 Å². The summed E-state index contributed by atoms with van der Waals surface area (Å²) in [6.07, 6.45) is 0.0916. The number of aromatic nitrogens is 1. The van der Waals surface area contributed by atoms with Gasteiger partial charge in [-0.1, -0.05) is 18.2 Å². The molecule has 4 heteroatoms. The fraction of sp³-hybridized carbons (Fsp3) is 0.167. The number of hydrogen-bond acceptors (Lipinski definition) is 4. The zero-order chi connectivity index (χ0) is 11.5. The van der Waals surface area contributed by atoms with Crippen molar-refractivity contribution in [1.82, 2.24) is 4.98 Å². The number of hydrogen-bond donors (Lipinski definition) is 0. The van der Waals surface area contributed by atoms with Gasteiger partial charge in [0.2, 0.25) is 0 Å². The molecule has 82 valence electrons. The van der Waals surface area contributed by atoms with Crippen molar-refractivity contribution in [1.29, 1.82) is 0 Å². The highest BCUT2D eigenvalue weighted by molar-refractivity contribution is 5.93. The average molecular weight is 217 g/mol. The monoisotopic (exact) mass is 217 g/mol. The average Bonchev–Trinajstić information content (AvgIpc) is 2.61. The highest BCUT2D eigenvalue weighted by Crippen LogP contribution is 2.22. The van der Waals surface area contributed by atoms with E-state index in [1.54, 1.807) is 19.1 Å². The maximum atomic E-state index is 11.2. The van der Waals surface area contributed by atoms with Gasteiger partial charge in [0.25, 0.3) is 0 Å². The molecule has 2 rings (SSSR count). The Bertz CT molecular complexity index is 502. The van der Waals surface area contributed by atoms with Crippen molar-refractivity contribution in [3.05, 3.63) is 41.8 Å². The number of Topliss-reactive ketones (excluding diaryl/α,β-unsaturated/α-hetero) is 1. The van der Waals surface area contributed by atoms with E-state index in [9.17, 15) is 4.79 Å². The molecular formula is C12H11NO3. The Morgan fingerprint density at radius 2 is 2.00 bits per heavy atom. The zero-order valence-electron chi connectivity index (χ0n) is 9.06. The van der Waals surface area contributed by atoms with Gasteiger partial charge in [-0.2, -0.15) is 4.98 Å². The van der Waals surface area contributed by atoms with E-state index < -0.39 is 0 Å². The number of ketones is 1. The van der Waals surface area contributed by atoms with E-state index in [2.05, 4.69) is 4.98 Å². The van der Waals surface area contributed by atoms with E-state index in [0.29, 0.717) is 17.2 Å². The third-order valence-electron chi connectivity index (χ3n) is 2.06. The molecular weight excluding hydrogens is 206 g/mol. The summed E-state index contributed by atoms with van der Waals surface area (Å²) < 4.78 is 10.6. The third-order valence-corrected chi connectivity index (χ3v) is 2.06. The van der Waals surface area contributed by atoms with E-state index in [4.69, 9.17) is 9.15 Å². The highest BCUT2D eigenvalue weighted by atomic mass is 16.6. The molecule has 0 aliphatic heterocycles. The molecule has 0 spiro atoms. The van der Waals surface area contributed by atoms with Crippen LogP contribution >= 0.6 is 0 Å². The van der Waals surface area contributed by atoms with Gasteiger partial charge in [0.1, 0.15) is 11.5 Å². The number of benzene rings is 1. The molecule has 1 aromatic heterocycles. The predicted octanol–water partition coefficient (Wildman–Crippen LogP) is 2.98. The van der Waals surface area contributed by atoms with Crippen LogP contribution in [0.25, 0.3) is 0 Å². The predicted molar refractivity (Wildman–Crippen MR) is 57.8 cm³/mol. The number of carbonyl (C=O) groups is 1. The van der Waals surface area contributed by atoms with E-state index in [1.807, 2.05) is 18.2 Å². The smallest absolute Gasteiger partial charge is 0.400 e. The summed E-state index contributed by atoms with van der Waals surface area (Å²) in [5.41, 5.74) is 0.311. The largest absolute Gasteiger partial charge is 0.413 e. The van der Waals surface area contributed by atoms with E-state index in [1.165, 1.54) is 6.92 Å². The Kier molecular flexibility index (Phi) is 2.72. The molecule has 0 bridgehead atoms. The fourth-order valence-corrected chi connectivity index (χ4v) is 1.33. The van der Waals surface area contributed by atoms with Gasteiger partial charge in [0.05, 0.1) is 0 Å². The second-order valence-corrected chi connectivity index (χ2v) is 3.36. The summed E-state index contributed by atoms with van der Waals surface area (Å²) >= 11 is 0. The number of nitrogens with zero attached hydrogens (tertiary/aromatic N) is 1. The molecule has 0 atom stereocenters. The molecule has 0 saturated carbocycles. The van der Waals surface area contributed by atoms with Crippen molar-refractivity contribution >= 4 is 5.78 Å². The molecule has 0 saturated heterocycles. The maximum absolute atomic E-state index is 11.2. The minimum absolute atomic E-state index is 0.0916. The topological polar surface area (TPSA) is 52.3 Å². The van der Waals surface area contributed by atoms with E-state index in [0.717, 1.165) is 0 Å². The Hall–Kier alpha value is -2.10. The van der Waals surface area contributed by atoms with Crippen molar-refractivity contribution in [2.45, 2.75) is 13.8 Å². The quantitative estimate of drug-likeness (QED) is 0.741. The van der Waals surface area contributed by atoms with Gasteiger partial charge in [-0.25, -0.2) is 0 Å². The molecule has 1 aromatic carbocycles. The van der Waals surface area contributed by atoms with Crippen LogP contribution in [0.3, 0.4) is 0 Å². The van der Waals surface area contributed by atoms with Crippen LogP contribution < -0.4 is 4.74 Å². The highest BCUT2D eigenvalue weighted by Gasteiger charge is 2.14. The zero-order valence-corrected chi connectivity index (χ0v) is 9.06. The first kappa shape index (κ1) is 10.4. The van der Waals surface area contributed by atoms with Crippen LogP contribution in [0, 0.1) is 6.92 Å². The van der Waals surface area contributed by atoms with Gasteiger partial charge in [-0.05, 0) is 19.1 Å². The molecule has 0 N–H and O–H groups in total. The van der Waals surface area contributed by atoms with Crippen LogP contribution in [0.4, 0.5) is 0 Å². The van der Waals surface area contributed by atoms with Crippen molar-refractivity contribution in [3.8, 4) is 11.8 Å². The third kappa shape index (κ3) is 2.11. The fourth-order valence-electron chi connectivity index (χ4n) is 1.33.